The molecule has 4 heterocycles. The first kappa shape index (κ1) is 14.5. The molecule has 3 aliphatic heterocycles. The number of rotatable bonds is 1. The second-order valence-corrected chi connectivity index (χ2v) is 7.96. The van der Waals surface area contributed by atoms with Gasteiger partial charge in [0.05, 0.1) is 0 Å². The molecule has 1 aromatic rings. The van der Waals surface area contributed by atoms with Crippen LogP contribution < -0.4 is 0 Å². The summed E-state index contributed by atoms with van der Waals surface area (Å²) in [4.78, 5) is 29.4. The number of likely N-dealkylation sites (tertiary alicyclic amines) is 1. The quantitative estimate of drug-likeness (QED) is 0.846. The lowest BCUT2D eigenvalue weighted by Crippen LogP contribution is -2.61. The highest BCUT2D eigenvalue weighted by Gasteiger charge is 2.45. The van der Waals surface area contributed by atoms with Crippen molar-refractivity contribution in [3.05, 3.63) is 17.0 Å². The summed E-state index contributed by atoms with van der Waals surface area (Å²) in [5.74, 6) is 1.29. The van der Waals surface area contributed by atoms with Gasteiger partial charge < -0.3 is 9.80 Å². The van der Waals surface area contributed by atoms with Gasteiger partial charge in [-0.3, -0.25) is 14.7 Å². The maximum Gasteiger partial charge on any atom is 0.274 e. The van der Waals surface area contributed by atoms with Crippen LogP contribution in [0, 0.1) is 11.8 Å². The number of hydrogen-bond donors (Lipinski definition) is 1. The number of carbonyl (C=O) groups excluding carboxylic acids is 2. The third-order valence-electron chi connectivity index (χ3n) is 6.48. The molecule has 3 fully saturated rings. The van der Waals surface area contributed by atoms with Crippen LogP contribution in [0.1, 0.15) is 53.8 Å². The zero-order chi connectivity index (χ0) is 16.3. The third-order valence-corrected chi connectivity index (χ3v) is 6.48. The molecule has 0 spiro atoms. The Labute approximate surface area is 141 Å². The number of fused-ring (bicyclic) bond motifs is 5. The first-order chi connectivity index (χ1) is 11.7. The molecule has 1 aromatic heterocycles. The molecule has 3 saturated heterocycles. The Morgan fingerprint density at radius 3 is 2.96 bits per heavy atom. The van der Waals surface area contributed by atoms with Crippen molar-refractivity contribution in [2.24, 2.45) is 11.8 Å². The summed E-state index contributed by atoms with van der Waals surface area (Å²) in [6.45, 7) is 2.39. The summed E-state index contributed by atoms with van der Waals surface area (Å²) in [6.07, 6.45) is 7.08. The number of amides is 2. The van der Waals surface area contributed by atoms with E-state index < -0.39 is 0 Å². The molecule has 5 rings (SSSR count). The molecule has 1 aliphatic carbocycles. The van der Waals surface area contributed by atoms with E-state index in [9.17, 15) is 9.59 Å². The molecule has 128 valence electrons. The fourth-order valence-electron chi connectivity index (χ4n) is 5.42. The lowest BCUT2D eigenvalue weighted by atomic mass is 9.76. The Morgan fingerprint density at radius 1 is 1.12 bits per heavy atom. The van der Waals surface area contributed by atoms with Crippen molar-refractivity contribution in [1.29, 1.82) is 0 Å². The van der Waals surface area contributed by atoms with Crippen LogP contribution in [0.3, 0.4) is 0 Å². The number of hydrogen-bond acceptors (Lipinski definition) is 3. The molecule has 0 aromatic carbocycles. The molecule has 0 saturated carbocycles. The van der Waals surface area contributed by atoms with E-state index in [-0.39, 0.29) is 5.91 Å². The first-order valence-corrected chi connectivity index (χ1v) is 9.35. The van der Waals surface area contributed by atoms with Crippen molar-refractivity contribution in [2.45, 2.75) is 51.0 Å². The predicted octanol–water partition coefficient (Wildman–Crippen LogP) is 1.37. The van der Waals surface area contributed by atoms with Gasteiger partial charge in [0.2, 0.25) is 5.91 Å². The minimum Gasteiger partial charge on any atom is -0.339 e. The van der Waals surface area contributed by atoms with E-state index >= 15 is 0 Å². The van der Waals surface area contributed by atoms with Gasteiger partial charge >= 0.3 is 0 Å². The fourth-order valence-corrected chi connectivity index (χ4v) is 5.42. The summed E-state index contributed by atoms with van der Waals surface area (Å²) in [5.41, 5.74) is 2.95. The van der Waals surface area contributed by atoms with Crippen molar-refractivity contribution in [3.63, 3.8) is 0 Å². The topological polar surface area (TPSA) is 69.3 Å². The second-order valence-electron chi connectivity index (χ2n) is 7.96. The lowest BCUT2D eigenvalue weighted by Gasteiger charge is -2.52. The van der Waals surface area contributed by atoms with Crippen LogP contribution in [0.4, 0.5) is 0 Å². The van der Waals surface area contributed by atoms with Crippen molar-refractivity contribution in [1.82, 2.24) is 20.0 Å². The molecule has 3 atom stereocenters. The minimum atomic E-state index is 0.0969. The molecule has 2 bridgehead atoms. The van der Waals surface area contributed by atoms with Crippen LogP contribution in [-0.2, 0) is 17.6 Å². The number of aromatic amines is 1. The molecule has 2 amide bonds. The van der Waals surface area contributed by atoms with Crippen LogP contribution in [0.2, 0.25) is 0 Å². The van der Waals surface area contributed by atoms with Gasteiger partial charge in [0.1, 0.15) is 0 Å². The number of carbonyl (C=O) groups is 2. The van der Waals surface area contributed by atoms with Gasteiger partial charge in [-0.2, -0.15) is 5.10 Å². The van der Waals surface area contributed by atoms with Crippen molar-refractivity contribution in [2.75, 3.05) is 19.6 Å². The van der Waals surface area contributed by atoms with E-state index in [0.29, 0.717) is 35.9 Å². The number of nitrogens with zero attached hydrogens (tertiary/aromatic N) is 3. The predicted molar refractivity (Wildman–Crippen MR) is 87.5 cm³/mol. The first-order valence-electron chi connectivity index (χ1n) is 9.35. The summed E-state index contributed by atoms with van der Waals surface area (Å²) in [6, 6.07) is 0.350. The Morgan fingerprint density at radius 2 is 2.04 bits per heavy atom. The van der Waals surface area contributed by atoms with Gasteiger partial charge in [-0.15, -0.1) is 0 Å². The maximum atomic E-state index is 13.0. The Kier molecular flexibility index (Phi) is 3.22. The summed E-state index contributed by atoms with van der Waals surface area (Å²) in [7, 11) is 0. The van der Waals surface area contributed by atoms with E-state index in [2.05, 4.69) is 15.1 Å². The molecule has 4 aliphatic rings. The van der Waals surface area contributed by atoms with Crippen molar-refractivity contribution >= 4 is 11.8 Å². The average Bonchev–Trinajstić information content (AvgIpc) is 3.18. The van der Waals surface area contributed by atoms with E-state index in [1.54, 1.807) is 0 Å². The normalized spacial score (nSPS) is 31.8. The van der Waals surface area contributed by atoms with Gasteiger partial charge in [0.15, 0.2) is 5.69 Å². The smallest absolute Gasteiger partial charge is 0.274 e. The zero-order valence-electron chi connectivity index (χ0n) is 14.0. The van der Waals surface area contributed by atoms with Crippen LogP contribution >= 0.6 is 0 Å². The molecule has 24 heavy (non-hydrogen) atoms. The van der Waals surface area contributed by atoms with E-state index in [1.807, 2.05) is 4.90 Å². The number of aromatic nitrogens is 2. The van der Waals surface area contributed by atoms with E-state index in [1.165, 1.54) is 0 Å². The van der Waals surface area contributed by atoms with Crippen LogP contribution in [-0.4, -0.2) is 57.5 Å². The van der Waals surface area contributed by atoms with Gasteiger partial charge in [-0.1, -0.05) is 0 Å². The lowest BCUT2D eigenvalue weighted by molar-refractivity contribution is -0.144. The number of aryl methyl sites for hydroxylation is 1. The Balaban J connectivity index is 1.38. The third kappa shape index (κ3) is 2.11. The summed E-state index contributed by atoms with van der Waals surface area (Å²) < 4.78 is 0. The monoisotopic (exact) mass is 328 g/mol. The van der Waals surface area contributed by atoms with Gasteiger partial charge in [-0.25, -0.2) is 0 Å². The highest BCUT2D eigenvalue weighted by atomic mass is 16.2. The molecular formula is C18H24N4O2. The number of nitrogens with one attached hydrogen (secondary N) is 1. The molecule has 6 heteroatoms. The van der Waals surface area contributed by atoms with Crippen LogP contribution in [0.15, 0.2) is 0 Å². The van der Waals surface area contributed by atoms with Gasteiger partial charge in [0.25, 0.3) is 5.91 Å². The van der Waals surface area contributed by atoms with E-state index in [4.69, 9.17) is 0 Å². The molecule has 1 N–H and O–H groups in total. The molecule has 6 nitrogen and oxygen atoms in total. The van der Waals surface area contributed by atoms with E-state index in [0.717, 1.165) is 69.4 Å². The molecule has 0 radical (unpaired) electrons. The van der Waals surface area contributed by atoms with Crippen LogP contribution in [0.25, 0.3) is 0 Å². The molecule has 3 unspecified atom stereocenters. The Hall–Kier alpha value is -1.85. The van der Waals surface area contributed by atoms with Crippen LogP contribution in [0.5, 0.6) is 0 Å². The highest BCUT2D eigenvalue weighted by Crippen LogP contribution is 2.38. The number of piperidine rings is 3. The summed E-state index contributed by atoms with van der Waals surface area (Å²) >= 11 is 0. The average molecular weight is 328 g/mol. The highest BCUT2D eigenvalue weighted by molar-refractivity contribution is 5.94. The largest absolute Gasteiger partial charge is 0.339 e. The zero-order valence-corrected chi connectivity index (χ0v) is 14.0. The summed E-state index contributed by atoms with van der Waals surface area (Å²) in [5, 5.41) is 7.38. The fraction of sp³-hybridized carbons (Fsp3) is 0.722. The standard InChI is InChI=1S/C18H24N4O2/c23-16-6-2-5-15-12-7-11(9-22(15)16)8-21(10-12)18(24)17-13-3-1-4-14(13)19-20-17/h11-12,15H,1-10H2,(H,19,20). The second kappa shape index (κ2) is 5.33. The van der Waals surface area contributed by atoms with Crippen molar-refractivity contribution in [3.8, 4) is 0 Å². The van der Waals surface area contributed by atoms with Gasteiger partial charge in [-0.05, 0) is 50.4 Å². The number of H-pyrrole nitrogens is 1. The minimum absolute atomic E-state index is 0.0969. The SMILES string of the molecule is O=C(c1n[nH]c2c1CCC2)N1CC2CC(C1)C1CCCC(=O)N1C2. The van der Waals surface area contributed by atoms with Crippen molar-refractivity contribution < 1.29 is 9.59 Å². The maximum absolute atomic E-state index is 13.0. The molecular weight excluding hydrogens is 304 g/mol. The Bertz CT molecular complexity index is 697. The van der Waals surface area contributed by atoms with Gasteiger partial charge in [0, 0.05) is 43.4 Å².